The summed E-state index contributed by atoms with van der Waals surface area (Å²) in [7, 11) is 2.00. The maximum atomic E-state index is 4.32. The lowest BCUT2D eigenvalue weighted by molar-refractivity contribution is 0.401. The van der Waals surface area contributed by atoms with Gasteiger partial charge in [-0.25, -0.2) is 9.97 Å². The van der Waals surface area contributed by atoms with E-state index in [2.05, 4.69) is 15.3 Å². The van der Waals surface area contributed by atoms with Crippen molar-refractivity contribution in [1.82, 2.24) is 15.3 Å². The fraction of sp³-hybridized carbons (Fsp3) is 0.667. The van der Waals surface area contributed by atoms with Gasteiger partial charge in [0.15, 0.2) is 0 Å². The molecule has 1 N–H and O–H groups in total. The summed E-state index contributed by atoms with van der Waals surface area (Å²) in [6, 6.07) is 2.19. The Balaban J connectivity index is 1.97. The molecular weight excluding hydrogens is 186 g/mol. The minimum absolute atomic E-state index is 0.328. The van der Waals surface area contributed by atoms with Gasteiger partial charge in [0.2, 0.25) is 0 Å². The first-order valence-electron chi connectivity index (χ1n) is 5.84. The summed E-state index contributed by atoms with van der Waals surface area (Å²) < 4.78 is 0. The first kappa shape index (κ1) is 10.6. The first-order valence-corrected chi connectivity index (χ1v) is 5.84. The van der Waals surface area contributed by atoms with Gasteiger partial charge in [-0.15, -0.1) is 0 Å². The lowest BCUT2D eigenvalue weighted by atomic mass is 9.98. The number of rotatable bonds is 4. The molecule has 1 aromatic rings. The highest BCUT2D eigenvalue weighted by molar-refractivity contribution is 4.96. The third-order valence-corrected chi connectivity index (χ3v) is 3.29. The van der Waals surface area contributed by atoms with Crippen LogP contribution in [-0.4, -0.2) is 17.0 Å². The van der Waals surface area contributed by atoms with E-state index in [0.29, 0.717) is 6.04 Å². The van der Waals surface area contributed by atoms with Crippen LogP contribution in [0, 0.1) is 5.92 Å². The van der Waals surface area contributed by atoms with E-state index in [1.807, 2.05) is 25.5 Å². The number of hydrogen-bond acceptors (Lipinski definition) is 3. The second-order valence-electron chi connectivity index (χ2n) is 4.33. The van der Waals surface area contributed by atoms with Crippen LogP contribution in [-0.2, 0) is 0 Å². The van der Waals surface area contributed by atoms with Gasteiger partial charge in [0.05, 0.1) is 6.04 Å². The van der Waals surface area contributed by atoms with Crippen molar-refractivity contribution in [2.45, 2.75) is 38.1 Å². The monoisotopic (exact) mass is 205 g/mol. The fourth-order valence-electron chi connectivity index (χ4n) is 2.42. The minimum Gasteiger partial charge on any atom is -0.310 e. The van der Waals surface area contributed by atoms with Gasteiger partial charge in [-0.05, 0) is 25.5 Å². The second kappa shape index (κ2) is 5.21. The van der Waals surface area contributed by atoms with Gasteiger partial charge in [-0.1, -0.05) is 25.7 Å². The zero-order chi connectivity index (χ0) is 10.5. The summed E-state index contributed by atoms with van der Waals surface area (Å²) in [4.78, 5) is 8.64. The molecule has 1 saturated carbocycles. The van der Waals surface area contributed by atoms with E-state index >= 15 is 0 Å². The molecule has 3 heteroatoms. The summed E-state index contributed by atoms with van der Waals surface area (Å²) in [5, 5.41) is 3.32. The van der Waals surface area contributed by atoms with Crippen LogP contribution in [0.3, 0.4) is 0 Å². The molecule has 2 rings (SSSR count). The molecule has 82 valence electrons. The van der Waals surface area contributed by atoms with E-state index in [1.165, 1.54) is 32.1 Å². The third kappa shape index (κ3) is 2.75. The molecule has 0 aromatic carbocycles. The van der Waals surface area contributed by atoms with Crippen LogP contribution in [0.4, 0.5) is 0 Å². The fourth-order valence-corrected chi connectivity index (χ4v) is 2.42. The Morgan fingerprint density at radius 1 is 1.33 bits per heavy atom. The molecule has 0 spiro atoms. The summed E-state index contributed by atoms with van der Waals surface area (Å²) >= 11 is 0. The third-order valence-electron chi connectivity index (χ3n) is 3.29. The average Bonchev–Trinajstić information content (AvgIpc) is 2.80. The van der Waals surface area contributed by atoms with Gasteiger partial charge < -0.3 is 5.32 Å². The summed E-state index contributed by atoms with van der Waals surface area (Å²) in [5.41, 5.74) is 0. The Morgan fingerprint density at radius 3 is 2.60 bits per heavy atom. The second-order valence-corrected chi connectivity index (χ2v) is 4.33. The van der Waals surface area contributed by atoms with Crippen molar-refractivity contribution in [1.29, 1.82) is 0 Å². The highest BCUT2D eigenvalue weighted by Gasteiger charge is 2.21. The van der Waals surface area contributed by atoms with Crippen molar-refractivity contribution in [2.24, 2.45) is 5.92 Å². The van der Waals surface area contributed by atoms with E-state index in [0.717, 1.165) is 11.7 Å². The summed E-state index contributed by atoms with van der Waals surface area (Å²) in [5.74, 6) is 1.80. The number of nitrogens with zero attached hydrogens (tertiary/aromatic N) is 2. The number of hydrogen-bond donors (Lipinski definition) is 1. The molecule has 1 aromatic heterocycles. The van der Waals surface area contributed by atoms with E-state index in [9.17, 15) is 0 Å². The van der Waals surface area contributed by atoms with Crippen molar-refractivity contribution < 1.29 is 0 Å². The van der Waals surface area contributed by atoms with Crippen LogP contribution in [0.5, 0.6) is 0 Å². The largest absolute Gasteiger partial charge is 0.310 e. The minimum atomic E-state index is 0.328. The summed E-state index contributed by atoms with van der Waals surface area (Å²) in [6.07, 6.45) is 10.4. The standard InChI is InChI=1S/C12H19N3/c1-13-11(9-10-5-2-3-6-10)12-14-7-4-8-15-12/h4,7-8,10-11,13H,2-3,5-6,9H2,1H3. The topological polar surface area (TPSA) is 37.8 Å². The molecule has 0 radical (unpaired) electrons. The molecule has 15 heavy (non-hydrogen) atoms. The van der Waals surface area contributed by atoms with Crippen LogP contribution < -0.4 is 5.32 Å². The molecule has 1 fully saturated rings. The van der Waals surface area contributed by atoms with E-state index < -0.39 is 0 Å². The molecule has 1 atom stereocenters. The van der Waals surface area contributed by atoms with Gasteiger partial charge in [0.25, 0.3) is 0 Å². The van der Waals surface area contributed by atoms with Crippen molar-refractivity contribution in [3.05, 3.63) is 24.3 Å². The van der Waals surface area contributed by atoms with Crippen molar-refractivity contribution in [3.8, 4) is 0 Å². The Morgan fingerprint density at radius 2 is 2.00 bits per heavy atom. The Kier molecular flexibility index (Phi) is 3.67. The zero-order valence-corrected chi connectivity index (χ0v) is 9.32. The van der Waals surface area contributed by atoms with Crippen LogP contribution in [0.25, 0.3) is 0 Å². The first-order chi connectivity index (χ1) is 7.40. The lowest BCUT2D eigenvalue weighted by Gasteiger charge is -2.18. The molecule has 1 aliphatic carbocycles. The van der Waals surface area contributed by atoms with Crippen molar-refractivity contribution >= 4 is 0 Å². The highest BCUT2D eigenvalue weighted by Crippen LogP contribution is 2.31. The predicted octanol–water partition coefficient (Wildman–Crippen LogP) is 2.32. The van der Waals surface area contributed by atoms with E-state index in [4.69, 9.17) is 0 Å². The van der Waals surface area contributed by atoms with Crippen molar-refractivity contribution in [3.63, 3.8) is 0 Å². The zero-order valence-electron chi connectivity index (χ0n) is 9.32. The SMILES string of the molecule is CNC(CC1CCCC1)c1ncccn1. The van der Waals surface area contributed by atoms with Crippen LogP contribution in [0.15, 0.2) is 18.5 Å². The molecule has 0 aliphatic heterocycles. The number of aromatic nitrogens is 2. The maximum absolute atomic E-state index is 4.32. The van der Waals surface area contributed by atoms with Crippen LogP contribution in [0.2, 0.25) is 0 Å². The lowest BCUT2D eigenvalue weighted by Crippen LogP contribution is -2.21. The Labute approximate surface area is 91.3 Å². The highest BCUT2D eigenvalue weighted by atomic mass is 15.0. The van der Waals surface area contributed by atoms with Crippen LogP contribution in [0.1, 0.15) is 44.0 Å². The number of nitrogens with one attached hydrogen (secondary N) is 1. The smallest absolute Gasteiger partial charge is 0.145 e. The van der Waals surface area contributed by atoms with E-state index in [-0.39, 0.29) is 0 Å². The molecule has 0 bridgehead atoms. The molecule has 0 saturated heterocycles. The molecule has 1 unspecified atom stereocenters. The van der Waals surface area contributed by atoms with E-state index in [1.54, 1.807) is 0 Å². The molecular formula is C12H19N3. The molecule has 3 nitrogen and oxygen atoms in total. The van der Waals surface area contributed by atoms with Gasteiger partial charge in [0.1, 0.15) is 5.82 Å². The molecule has 1 heterocycles. The quantitative estimate of drug-likeness (QED) is 0.819. The Bertz CT molecular complexity index is 280. The van der Waals surface area contributed by atoms with Crippen LogP contribution >= 0.6 is 0 Å². The predicted molar refractivity (Wildman–Crippen MR) is 60.4 cm³/mol. The average molecular weight is 205 g/mol. The normalized spacial score (nSPS) is 19.3. The van der Waals surface area contributed by atoms with Gasteiger partial charge in [0, 0.05) is 12.4 Å². The van der Waals surface area contributed by atoms with Crippen molar-refractivity contribution in [2.75, 3.05) is 7.05 Å². The molecule has 1 aliphatic rings. The Hall–Kier alpha value is -0.960. The summed E-state index contributed by atoms with van der Waals surface area (Å²) in [6.45, 7) is 0. The van der Waals surface area contributed by atoms with Gasteiger partial charge in [-0.3, -0.25) is 0 Å². The molecule has 0 amide bonds. The maximum Gasteiger partial charge on any atom is 0.145 e. The van der Waals surface area contributed by atoms with Gasteiger partial charge in [-0.2, -0.15) is 0 Å². The van der Waals surface area contributed by atoms with Gasteiger partial charge >= 0.3 is 0 Å².